The molecule has 0 saturated heterocycles. The highest BCUT2D eigenvalue weighted by Gasteiger charge is 2.31. The number of nitrogens with one attached hydrogen (secondary N) is 1. The summed E-state index contributed by atoms with van der Waals surface area (Å²) in [5.41, 5.74) is 2.52. The minimum absolute atomic E-state index is 0.352. The number of nitrogens with zero attached hydrogens (tertiary/aromatic N) is 1. The molecule has 1 atom stereocenters. The molecule has 1 aliphatic rings. The Morgan fingerprint density at radius 3 is 2.60 bits per heavy atom. The number of halogens is 1. The zero-order valence-electron chi connectivity index (χ0n) is 11.8. The molecule has 3 rings (SSSR count). The average Bonchev–Trinajstić information content (AvgIpc) is 2.81. The van der Waals surface area contributed by atoms with E-state index >= 15 is 0 Å². The molecule has 1 aromatic carbocycles. The van der Waals surface area contributed by atoms with Crippen molar-refractivity contribution in [1.29, 1.82) is 0 Å². The van der Waals surface area contributed by atoms with Crippen LogP contribution in [0.5, 0.6) is 0 Å². The van der Waals surface area contributed by atoms with Gasteiger partial charge in [0.25, 0.3) is 0 Å². The Hall–Kier alpha value is -0.900. The number of thiazole rings is 1. The van der Waals surface area contributed by atoms with Crippen LogP contribution in [0.15, 0.2) is 29.6 Å². The number of aryl methyl sites for hydroxylation is 1. The molecule has 0 bridgehead atoms. The van der Waals surface area contributed by atoms with Gasteiger partial charge in [0.05, 0.1) is 6.04 Å². The first-order chi connectivity index (χ1) is 9.61. The van der Waals surface area contributed by atoms with E-state index in [9.17, 15) is 0 Å². The summed E-state index contributed by atoms with van der Waals surface area (Å²) in [6.07, 6.45) is 2.41. The van der Waals surface area contributed by atoms with Crippen LogP contribution in [0, 0.1) is 6.92 Å². The molecule has 1 aliphatic carbocycles. The summed E-state index contributed by atoms with van der Waals surface area (Å²) in [4.78, 5) is 4.55. The molecule has 1 aromatic heterocycles. The number of hydrogen-bond acceptors (Lipinski definition) is 3. The number of aromatic nitrogens is 1. The van der Waals surface area contributed by atoms with E-state index in [1.807, 2.05) is 19.1 Å². The van der Waals surface area contributed by atoms with Crippen LogP contribution in [-0.2, 0) is 0 Å². The molecule has 20 heavy (non-hydrogen) atoms. The molecule has 2 aromatic rings. The fraction of sp³-hybridized carbons (Fsp3) is 0.438. The summed E-state index contributed by atoms with van der Waals surface area (Å²) in [5.74, 6) is 0.676. The summed E-state index contributed by atoms with van der Waals surface area (Å²) in [6, 6.07) is 9.23. The van der Waals surface area contributed by atoms with E-state index in [0.717, 1.165) is 10.7 Å². The van der Waals surface area contributed by atoms with Crippen molar-refractivity contribution >= 4 is 22.9 Å². The molecule has 0 spiro atoms. The van der Waals surface area contributed by atoms with Crippen molar-refractivity contribution in [1.82, 2.24) is 10.3 Å². The first-order valence-electron chi connectivity index (χ1n) is 7.05. The maximum absolute atomic E-state index is 5.93. The predicted molar refractivity (Wildman–Crippen MR) is 85.6 cm³/mol. The first-order valence-corrected chi connectivity index (χ1v) is 8.31. The highest BCUT2D eigenvalue weighted by atomic mass is 35.5. The summed E-state index contributed by atoms with van der Waals surface area (Å²) >= 11 is 7.67. The van der Waals surface area contributed by atoms with Gasteiger partial charge >= 0.3 is 0 Å². The molecule has 1 fully saturated rings. The predicted octanol–water partition coefficient (Wildman–Crippen LogP) is 4.70. The van der Waals surface area contributed by atoms with Gasteiger partial charge in [-0.25, -0.2) is 4.98 Å². The highest BCUT2D eigenvalue weighted by Crippen LogP contribution is 2.38. The second-order valence-electron chi connectivity index (χ2n) is 5.63. The minimum atomic E-state index is 0.352. The third-order valence-electron chi connectivity index (χ3n) is 3.97. The van der Waals surface area contributed by atoms with Crippen LogP contribution in [0.3, 0.4) is 0 Å². The summed E-state index contributed by atoms with van der Waals surface area (Å²) < 4.78 is 0. The van der Waals surface area contributed by atoms with Crippen molar-refractivity contribution in [3.05, 3.63) is 50.9 Å². The van der Waals surface area contributed by atoms with Gasteiger partial charge in [-0.2, -0.15) is 0 Å². The zero-order chi connectivity index (χ0) is 14.1. The number of hydrogen-bond donors (Lipinski definition) is 1. The Morgan fingerprint density at radius 2 is 2.00 bits per heavy atom. The van der Waals surface area contributed by atoms with Gasteiger partial charge in [0, 0.05) is 22.1 Å². The lowest BCUT2D eigenvalue weighted by Crippen LogP contribution is -2.41. The lowest BCUT2D eigenvalue weighted by atomic mass is 9.75. The van der Waals surface area contributed by atoms with Crippen molar-refractivity contribution in [2.24, 2.45) is 0 Å². The molecule has 1 heterocycles. The molecule has 1 N–H and O–H groups in total. The van der Waals surface area contributed by atoms with Crippen LogP contribution < -0.4 is 5.32 Å². The van der Waals surface area contributed by atoms with Gasteiger partial charge in [-0.15, -0.1) is 11.3 Å². The summed E-state index contributed by atoms with van der Waals surface area (Å²) in [5, 5.41) is 7.80. The first kappa shape index (κ1) is 14.1. The van der Waals surface area contributed by atoms with Gasteiger partial charge in [0.1, 0.15) is 5.01 Å². The highest BCUT2D eigenvalue weighted by molar-refractivity contribution is 7.09. The molecule has 0 amide bonds. The fourth-order valence-electron chi connectivity index (χ4n) is 2.76. The van der Waals surface area contributed by atoms with Crippen molar-refractivity contribution in [2.45, 2.75) is 44.7 Å². The van der Waals surface area contributed by atoms with Gasteiger partial charge in [0.15, 0.2) is 0 Å². The smallest absolute Gasteiger partial charge is 0.110 e. The van der Waals surface area contributed by atoms with Crippen molar-refractivity contribution in [2.75, 3.05) is 0 Å². The van der Waals surface area contributed by atoms with Crippen LogP contribution in [0.4, 0.5) is 0 Å². The van der Waals surface area contributed by atoms with Gasteiger partial charge < -0.3 is 5.32 Å². The van der Waals surface area contributed by atoms with Gasteiger partial charge in [-0.1, -0.05) is 23.7 Å². The van der Waals surface area contributed by atoms with E-state index in [-0.39, 0.29) is 0 Å². The number of rotatable bonds is 4. The monoisotopic (exact) mass is 306 g/mol. The molecule has 1 saturated carbocycles. The van der Waals surface area contributed by atoms with Crippen molar-refractivity contribution in [3.63, 3.8) is 0 Å². The molecule has 0 aliphatic heterocycles. The van der Waals surface area contributed by atoms with Crippen molar-refractivity contribution in [3.8, 4) is 0 Å². The summed E-state index contributed by atoms with van der Waals surface area (Å²) in [6.45, 7) is 4.25. The normalized spacial score (nSPS) is 23.4. The van der Waals surface area contributed by atoms with E-state index in [1.54, 1.807) is 11.3 Å². The topological polar surface area (TPSA) is 24.9 Å². The van der Waals surface area contributed by atoms with E-state index in [2.05, 4.69) is 34.7 Å². The minimum Gasteiger partial charge on any atom is -0.305 e. The van der Waals surface area contributed by atoms with E-state index in [0.29, 0.717) is 18.0 Å². The zero-order valence-corrected chi connectivity index (χ0v) is 13.3. The quantitative estimate of drug-likeness (QED) is 0.885. The maximum atomic E-state index is 5.93. The molecule has 1 unspecified atom stereocenters. The largest absolute Gasteiger partial charge is 0.305 e. The Morgan fingerprint density at radius 1 is 1.30 bits per heavy atom. The van der Waals surface area contributed by atoms with E-state index < -0.39 is 0 Å². The Bertz CT molecular complexity index is 572. The van der Waals surface area contributed by atoms with Gasteiger partial charge in [0.2, 0.25) is 0 Å². The summed E-state index contributed by atoms with van der Waals surface area (Å²) in [7, 11) is 0. The SMILES string of the molecule is Cc1csc(C(C)NC2CC(c3ccc(Cl)cc3)C2)n1. The second kappa shape index (κ2) is 5.84. The Labute approximate surface area is 129 Å². The van der Waals surface area contributed by atoms with Crippen LogP contribution in [0.2, 0.25) is 5.02 Å². The number of benzene rings is 1. The van der Waals surface area contributed by atoms with Crippen molar-refractivity contribution < 1.29 is 0 Å². The van der Waals surface area contributed by atoms with E-state index in [1.165, 1.54) is 23.4 Å². The molecule has 0 radical (unpaired) electrons. The maximum Gasteiger partial charge on any atom is 0.110 e. The molecule has 106 valence electrons. The van der Waals surface area contributed by atoms with Crippen LogP contribution in [0.25, 0.3) is 0 Å². The standard InChI is InChI=1S/C16H19ClN2S/c1-10-9-20-16(18-10)11(2)19-15-7-13(8-15)12-3-5-14(17)6-4-12/h3-6,9,11,13,15,19H,7-8H2,1-2H3. The van der Waals surface area contributed by atoms with Gasteiger partial charge in [-0.3, -0.25) is 0 Å². The fourth-order valence-corrected chi connectivity index (χ4v) is 3.70. The molecule has 2 nitrogen and oxygen atoms in total. The van der Waals surface area contributed by atoms with Crippen LogP contribution >= 0.6 is 22.9 Å². The lowest BCUT2D eigenvalue weighted by Gasteiger charge is -2.37. The van der Waals surface area contributed by atoms with Gasteiger partial charge in [-0.05, 0) is 50.3 Å². The third-order valence-corrected chi connectivity index (χ3v) is 5.37. The molecule has 4 heteroatoms. The lowest BCUT2D eigenvalue weighted by molar-refractivity contribution is 0.270. The van der Waals surface area contributed by atoms with Crippen LogP contribution in [0.1, 0.15) is 48.0 Å². The Balaban J connectivity index is 1.52. The second-order valence-corrected chi connectivity index (χ2v) is 6.96. The van der Waals surface area contributed by atoms with E-state index in [4.69, 9.17) is 11.6 Å². The molecular weight excluding hydrogens is 288 g/mol. The third kappa shape index (κ3) is 3.05. The molecular formula is C16H19ClN2S. The average molecular weight is 307 g/mol. The Kier molecular flexibility index (Phi) is 4.11. The van der Waals surface area contributed by atoms with Crippen LogP contribution in [-0.4, -0.2) is 11.0 Å².